The first-order valence-electron chi connectivity index (χ1n) is 8.89. The number of benzene rings is 3. The number of halogens is 1. The lowest BCUT2D eigenvalue weighted by Gasteiger charge is -2.05. The van der Waals surface area contributed by atoms with Gasteiger partial charge in [0.25, 0.3) is 0 Å². The zero-order valence-corrected chi connectivity index (χ0v) is 16.8. The van der Waals surface area contributed by atoms with Crippen LogP contribution in [-0.4, -0.2) is 16.1 Å². The van der Waals surface area contributed by atoms with Crippen LogP contribution in [0.4, 0.5) is 0 Å². The summed E-state index contributed by atoms with van der Waals surface area (Å²) >= 11 is 7.36. The van der Waals surface area contributed by atoms with E-state index in [9.17, 15) is 9.90 Å². The summed E-state index contributed by atoms with van der Waals surface area (Å²) in [4.78, 5) is 16.7. The van der Waals surface area contributed by atoms with Crippen molar-refractivity contribution in [2.24, 2.45) is 0 Å². The van der Waals surface area contributed by atoms with Crippen LogP contribution in [0.25, 0.3) is 21.8 Å². The van der Waals surface area contributed by atoms with Gasteiger partial charge in [0.1, 0.15) is 16.5 Å². The van der Waals surface area contributed by atoms with Crippen molar-refractivity contribution in [2.75, 3.05) is 0 Å². The van der Waals surface area contributed by atoms with Gasteiger partial charge in [-0.3, -0.25) is 4.79 Å². The fourth-order valence-electron chi connectivity index (χ4n) is 2.86. The second-order valence-electron chi connectivity index (χ2n) is 6.31. The normalized spacial score (nSPS) is 10.7. The van der Waals surface area contributed by atoms with Gasteiger partial charge in [0.2, 0.25) is 0 Å². The molecule has 6 heteroatoms. The van der Waals surface area contributed by atoms with Crippen molar-refractivity contribution in [2.45, 2.75) is 6.42 Å². The van der Waals surface area contributed by atoms with Crippen LogP contribution in [0.15, 0.2) is 78.9 Å². The van der Waals surface area contributed by atoms with Crippen LogP contribution in [-0.2, 0) is 11.2 Å². The lowest BCUT2D eigenvalue weighted by atomic mass is 10.1. The summed E-state index contributed by atoms with van der Waals surface area (Å²) in [6.45, 7) is 0. The third-order valence-corrected chi connectivity index (χ3v) is 5.56. The Bertz CT molecular complexity index is 1120. The highest BCUT2D eigenvalue weighted by Crippen LogP contribution is 2.35. The highest BCUT2D eigenvalue weighted by molar-refractivity contribution is 7.15. The van der Waals surface area contributed by atoms with Gasteiger partial charge in [0, 0.05) is 21.0 Å². The molecule has 29 heavy (non-hydrogen) atoms. The van der Waals surface area contributed by atoms with E-state index in [4.69, 9.17) is 21.3 Å². The van der Waals surface area contributed by atoms with Crippen LogP contribution in [0.2, 0.25) is 5.02 Å². The van der Waals surface area contributed by atoms with Gasteiger partial charge in [0.05, 0.1) is 12.1 Å². The van der Waals surface area contributed by atoms with Crippen LogP contribution in [0, 0.1) is 0 Å². The minimum Gasteiger partial charge on any atom is -0.481 e. The Kier molecular flexibility index (Phi) is 5.60. The van der Waals surface area contributed by atoms with Gasteiger partial charge in [-0.2, -0.15) is 0 Å². The van der Waals surface area contributed by atoms with Crippen molar-refractivity contribution in [3.8, 4) is 33.3 Å². The first kappa shape index (κ1) is 19.2. The second kappa shape index (κ2) is 8.47. The predicted octanol–water partition coefficient (Wildman–Crippen LogP) is 6.55. The quantitative estimate of drug-likeness (QED) is 0.383. The maximum Gasteiger partial charge on any atom is 0.308 e. The highest BCUT2D eigenvalue weighted by atomic mass is 35.5. The van der Waals surface area contributed by atoms with Gasteiger partial charge in [-0.05, 0) is 48.5 Å². The summed E-state index contributed by atoms with van der Waals surface area (Å²) in [5.41, 5.74) is 2.42. The third kappa shape index (κ3) is 4.65. The van der Waals surface area contributed by atoms with Gasteiger partial charge < -0.3 is 9.84 Å². The minimum absolute atomic E-state index is 0.0785. The van der Waals surface area contributed by atoms with Gasteiger partial charge in [0.15, 0.2) is 0 Å². The maximum atomic E-state index is 11.3. The first-order valence-corrected chi connectivity index (χ1v) is 10.1. The molecule has 0 radical (unpaired) electrons. The van der Waals surface area contributed by atoms with Crippen LogP contribution in [0.3, 0.4) is 0 Å². The molecule has 0 saturated carbocycles. The molecule has 0 atom stereocenters. The first-order chi connectivity index (χ1) is 14.1. The maximum absolute atomic E-state index is 11.3. The van der Waals surface area contributed by atoms with Gasteiger partial charge in [-0.15, -0.1) is 11.3 Å². The molecule has 0 bridgehead atoms. The number of carbonyl (C=O) groups is 1. The fraction of sp³-hybridized carbons (Fsp3) is 0.0435. The molecular formula is C23H16ClNO3S. The molecular weight excluding hydrogens is 406 g/mol. The standard InChI is InChI=1S/C23H16ClNO3S/c24-17-10-6-15(7-11-17)22-20(14-21(26)27)29-23(25-22)16-8-12-19(13-9-16)28-18-4-2-1-3-5-18/h1-13H,14H2,(H,26,27). The molecule has 144 valence electrons. The largest absolute Gasteiger partial charge is 0.481 e. The van der Waals surface area contributed by atoms with E-state index in [1.807, 2.05) is 66.7 Å². The average Bonchev–Trinajstić information content (AvgIpc) is 3.13. The molecule has 4 nitrogen and oxygen atoms in total. The number of para-hydroxylation sites is 1. The Labute approximate surface area is 177 Å². The number of aromatic nitrogens is 1. The van der Waals surface area contributed by atoms with E-state index < -0.39 is 5.97 Å². The number of carboxylic acids is 1. The number of aliphatic carboxylic acids is 1. The zero-order valence-electron chi connectivity index (χ0n) is 15.2. The van der Waals surface area contributed by atoms with Crippen molar-refractivity contribution in [3.63, 3.8) is 0 Å². The molecule has 0 aliphatic carbocycles. The van der Waals surface area contributed by atoms with E-state index >= 15 is 0 Å². The zero-order chi connectivity index (χ0) is 20.2. The van der Waals surface area contributed by atoms with E-state index in [1.54, 1.807) is 12.1 Å². The van der Waals surface area contributed by atoms with E-state index in [0.717, 1.165) is 27.6 Å². The molecule has 0 aliphatic heterocycles. The number of nitrogens with zero attached hydrogens (tertiary/aromatic N) is 1. The number of hydrogen-bond donors (Lipinski definition) is 1. The van der Waals surface area contributed by atoms with Crippen LogP contribution < -0.4 is 4.74 Å². The molecule has 4 rings (SSSR count). The molecule has 0 spiro atoms. The Morgan fingerprint density at radius 1 is 0.897 bits per heavy atom. The summed E-state index contributed by atoms with van der Waals surface area (Å²) in [6, 6.07) is 24.4. The lowest BCUT2D eigenvalue weighted by Crippen LogP contribution is -1.99. The summed E-state index contributed by atoms with van der Waals surface area (Å²) in [7, 11) is 0. The van der Waals surface area contributed by atoms with Crippen LogP contribution in [0.1, 0.15) is 4.88 Å². The Morgan fingerprint density at radius 2 is 1.52 bits per heavy atom. The van der Waals surface area contributed by atoms with E-state index in [1.165, 1.54) is 11.3 Å². The van der Waals surface area contributed by atoms with Crippen molar-refractivity contribution < 1.29 is 14.6 Å². The van der Waals surface area contributed by atoms with E-state index in [-0.39, 0.29) is 6.42 Å². The average molecular weight is 422 g/mol. The number of rotatable bonds is 6. The van der Waals surface area contributed by atoms with Crippen LogP contribution in [0.5, 0.6) is 11.5 Å². The SMILES string of the molecule is O=C(O)Cc1sc(-c2ccc(Oc3ccccc3)cc2)nc1-c1ccc(Cl)cc1. The topological polar surface area (TPSA) is 59.4 Å². The van der Waals surface area contributed by atoms with E-state index in [0.29, 0.717) is 15.6 Å². The monoisotopic (exact) mass is 421 g/mol. The Balaban J connectivity index is 1.64. The molecule has 0 amide bonds. The molecule has 1 N–H and O–H groups in total. The number of carboxylic acid groups (broad SMARTS) is 1. The summed E-state index contributed by atoms with van der Waals surface area (Å²) in [6.07, 6.45) is -0.0785. The number of ether oxygens (including phenoxy) is 1. The molecule has 4 aromatic rings. The van der Waals surface area contributed by atoms with E-state index in [2.05, 4.69) is 0 Å². The number of hydrogen-bond acceptors (Lipinski definition) is 4. The molecule has 0 aliphatic rings. The minimum atomic E-state index is -0.887. The third-order valence-electron chi connectivity index (χ3n) is 4.21. The van der Waals surface area contributed by atoms with Crippen molar-refractivity contribution in [1.29, 1.82) is 0 Å². The molecule has 0 unspecified atom stereocenters. The molecule has 0 fully saturated rings. The Hall–Kier alpha value is -3.15. The van der Waals surface area contributed by atoms with Gasteiger partial charge >= 0.3 is 5.97 Å². The predicted molar refractivity (Wildman–Crippen MR) is 116 cm³/mol. The summed E-state index contributed by atoms with van der Waals surface area (Å²) < 4.78 is 5.82. The highest BCUT2D eigenvalue weighted by Gasteiger charge is 2.17. The lowest BCUT2D eigenvalue weighted by molar-refractivity contribution is -0.136. The van der Waals surface area contributed by atoms with Crippen molar-refractivity contribution in [3.05, 3.63) is 88.8 Å². The summed E-state index contributed by atoms with van der Waals surface area (Å²) in [5.74, 6) is 0.602. The van der Waals surface area contributed by atoms with Gasteiger partial charge in [-0.1, -0.05) is 41.9 Å². The summed E-state index contributed by atoms with van der Waals surface area (Å²) in [5, 5.41) is 10.7. The Morgan fingerprint density at radius 3 is 2.17 bits per heavy atom. The molecule has 1 heterocycles. The fourth-order valence-corrected chi connectivity index (χ4v) is 4.06. The van der Waals surface area contributed by atoms with Crippen LogP contribution >= 0.6 is 22.9 Å². The van der Waals surface area contributed by atoms with Gasteiger partial charge in [-0.25, -0.2) is 4.98 Å². The van der Waals surface area contributed by atoms with Crippen molar-refractivity contribution in [1.82, 2.24) is 4.98 Å². The molecule has 3 aromatic carbocycles. The van der Waals surface area contributed by atoms with Crippen molar-refractivity contribution >= 4 is 28.9 Å². The molecule has 1 aromatic heterocycles. The second-order valence-corrected chi connectivity index (χ2v) is 7.83. The molecule has 0 saturated heterocycles. The smallest absolute Gasteiger partial charge is 0.308 e. The number of thiazole rings is 1.